The first-order valence-electron chi connectivity index (χ1n) is 8.47. The van der Waals surface area contributed by atoms with Crippen LogP contribution < -0.4 is 5.46 Å². The molecule has 0 bridgehead atoms. The fraction of sp³-hybridized carbons (Fsp3) is 0.824. The molecule has 0 radical (unpaired) electrons. The van der Waals surface area contributed by atoms with Gasteiger partial charge in [-0.15, -0.1) is 0 Å². The van der Waals surface area contributed by atoms with Crippen molar-refractivity contribution in [2.45, 2.75) is 59.5 Å². The zero-order chi connectivity index (χ0) is 18.3. The molecule has 24 heavy (non-hydrogen) atoms. The molecule has 2 heterocycles. The van der Waals surface area contributed by atoms with Crippen LogP contribution in [0, 0.1) is 13.8 Å². The highest BCUT2D eigenvalue weighted by Crippen LogP contribution is 2.37. The molecule has 138 valence electrons. The van der Waals surface area contributed by atoms with Gasteiger partial charge in [0.05, 0.1) is 23.5 Å². The molecule has 1 aliphatic rings. The lowest BCUT2D eigenvalue weighted by molar-refractivity contribution is 0.00578. The van der Waals surface area contributed by atoms with E-state index in [2.05, 4.69) is 58.5 Å². The van der Waals surface area contributed by atoms with Crippen LogP contribution in [-0.4, -0.2) is 59.2 Å². The Labute approximate surface area is 148 Å². The van der Waals surface area contributed by atoms with Gasteiger partial charge in [0.25, 0.3) is 0 Å². The largest absolute Gasteiger partial charge is 0.498 e. The van der Waals surface area contributed by atoms with Gasteiger partial charge in [-0.3, -0.25) is 0 Å². The van der Waals surface area contributed by atoms with E-state index in [4.69, 9.17) is 14.0 Å². The van der Waals surface area contributed by atoms with Gasteiger partial charge in [-0.2, -0.15) is 5.10 Å². The molecule has 0 aliphatic carbocycles. The van der Waals surface area contributed by atoms with E-state index in [1.807, 2.05) is 11.6 Å². The van der Waals surface area contributed by atoms with Crippen molar-refractivity contribution >= 4 is 22.6 Å². The van der Waals surface area contributed by atoms with Crippen LogP contribution in [0.15, 0.2) is 0 Å². The Balaban J connectivity index is 2.07. The zero-order valence-electron chi connectivity index (χ0n) is 16.7. The molecule has 1 aromatic rings. The minimum absolute atomic E-state index is 0.343. The maximum Gasteiger partial charge on any atom is 0.498 e. The van der Waals surface area contributed by atoms with E-state index in [0.717, 1.165) is 29.2 Å². The average molecular weight is 356 g/mol. The highest BCUT2D eigenvalue weighted by molar-refractivity contribution is 8.32. The van der Waals surface area contributed by atoms with Gasteiger partial charge in [0.2, 0.25) is 0 Å². The molecule has 1 aromatic heterocycles. The summed E-state index contributed by atoms with van der Waals surface area (Å²) in [6.07, 6.45) is 6.90. The molecule has 1 fully saturated rings. The summed E-state index contributed by atoms with van der Waals surface area (Å²) < 4.78 is 20.1. The molecule has 2 rings (SSSR count). The van der Waals surface area contributed by atoms with Gasteiger partial charge in [-0.1, -0.05) is 0 Å². The van der Waals surface area contributed by atoms with Gasteiger partial charge in [0.1, 0.15) is 6.73 Å². The lowest BCUT2D eigenvalue weighted by Crippen LogP contribution is -2.41. The molecule has 0 atom stereocenters. The lowest BCUT2D eigenvalue weighted by Gasteiger charge is -2.32. The molecule has 5 nitrogen and oxygen atoms in total. The third kappa shape index (κ3) is 4.18. The SMILES string of the molecule is Cc1nn(COCCS(C)(C)C)c(C)c1B1OC(C)(C)C(C)(C)O1. The second-order valence-corrected chi connectivity index (χ2v) is 13.1. The normalized spacial score (nSPS) is 20.6. The molecule has 0 aromatic carbocycles. The van der Waals surface area contributed by atoms with Crippen LogP contribution in [-0.2, 0) is 20.8 Å². The summed E-state index contributed by atoms with van der Waals surface area (Å²) in [5.74, 6) is 1.11. The van der Waals surface area contributed by atoms with E-state index in [1.165, 1.54) is 0 Å². The predicted molar refractivity (Wildman–Crippen MR) is 104 cm³/mol. The third-order valence-electron chi connectivity index (χ3n) is 4.98. The maximum atomic E-state index is 6.18. The van der Waals surface area contributed by atoms with Gasteiger partial charge >= 0.3 is 7.12 Å². The minimum Gasteiger partial charge on any atom is -0.399 e. The quantitative estimate of drug-likeness (QED) is 0.580. The van der Waals surface area contributed by atoms with Crippen LogP contribution >= 0.6 is 10.0 Å². The Morgan fingerprint density at radius 3 is 2.12 bits per heavy atom. The Bertz CT molecular complexity index is 577. The second-order valence-electron chi connectivity index (χ2n) is 8.50. The molecule has 1 aliphatic heterocycles. The fourth-order valence-corrected chi connectivity index (χ4v) is 3.22. The van der Waals surface area contributed by atoms with E-state index in [1.54, 1.807) is 0 Å². The van der Waals surface area contributed by atoms with Crippen LogP contribution in [0.5, 0.6) is 0 Å². The first kappa shape index (κ1) is 19.8. The highest BCUT2D eigenvalue weighted by Gasteiger charge is 2.53. The summed E-state index contributed by atoms with van der Waals surface area (Å²) in [6.45, 7) is 13.6. The fourth-order valence-electron chi connectivity index (χ4n) is 2.60. The number of ether oxygens (including phenoxy) is 1. The predicted octanol–water partition coefficient (Wildman–Crippen LogP) is 2.47. The molecule has 0 saturated carbocycles. The van der Waals surface area contributed by atoms with Gasteiger partial charge < -0.3 is 14.0 Å². The molecular weight excluding hydrogens is 323 g/mol. The first-order chi connectivity index (χ1) is 10.8. The molecule has 0 N–H and O–H groups in total. The number of rotatable bonds is 6. The standard InChI is InChI=1S/C17H33BN2O3S/c1-13-15(18-22-16(3,4)17(5,6)23-18)14(2)20(19-13)12-21-10-11-24(7,8)9/h10-12H2,1-9H3. The zero-order valence-corrected chi connectivity index (χ0v) is 17.5. The van der Waals surface area contributed by atoms with Crippen molar-refractivity contribution in [2.24, 2.45) is 0 Å². The van der Waals surface area contributed by atoms with E-state index in [0.29, 0.717) is 6.73 Å². The van der Waals surface area contributed by atoms with Crippen molar-refractivity contribution in [1.29, 1.82) is 0 Å². The maximum absolute atomic E-state index is 6.18. The molecule has 0 unspecified atom stereocenters. The molecule has 0 amide bonds. The van der Waals surface area contributed by atoms with E-state index < -0.39 is 10.0 Å². The Morgan fingerprint density at radius 2 is 1.62 bits per heavy atom. The van der Waals surface area contributed by atoms with Crippen LogP contribution in [0.4, 0.5) is 0 Å². The summed E-state index contributed by atoms with van der Waals surface area (Å²) in [7, 11) is -0.898. The number of hydrogen-bond acceptors (Lipinski definition) is 4. The molecular formula is C17H33BN2O3S. The Hall–Kier alpha value is -0.495. The number of nitrogens with zero attached hydrogens (tertiary/aromatic N) is 2. The Morgan fingerprint density at radius 1 is 1.08 bits per heavy atom. The van der Waals surface area contributed by atoms with Crippen molar-refractivity contribution in [3.05, 3.63) is 11.4 Å². The van der Waals surface area contributed by atoms with Crippen LogP contribution in [0.1, 0.15) is 39.1 Å². The number of aromatic nitrogens is 2. The third-order valence-corrected chi connectivity index (χ3v) is 6.37. The van der Waals surface area contributed by atoms with E-state index in [9.17, 15) is 0 Å². The molecule has 0 spiro atoms. The topological polar surface area (TPSA) is 45.5 Å². The number of hydrogen-bond donors (Lipinski definition) is 0. The lowest BCUT2D eigenvalue weighted by atomic mass is 9.77. The van der Waals surface area contributed by atoms with Crippen LogP contribution in [0.3, 0.4) is 0 Å². The van der Waals surface area contributed by atoms with Gasteiger partial charge in [0, 0.05) is 16.9 Å². The Kier molecular flexibility index (Phi) is 5.51. The minimum atomic E-state index is -0.525. The monoisotopic (exact) mass is 356 g/mol. The average Bonchev–Trinajstić information content (AvgIpc) is 2.77. The van der Waals surface area contributed by atoms with Crippen LogP contribution in [0.2, 0.25) is 0 Å². The van der Waals surface area contributed by atoms with Gasteiger partial charge in [0.15, 0.2) is 0 Å². The van der Waals surface area contributed by atoms with Gasteiger partial charge in [-0.05, 0) is 60.3 Å². The van der Waals surface area contributed by atoms with Crippen molar-refractivity contribution in [3.63, 3.8) is 0 Å². The first-order valence-corrected chi connectivity index (χ1v) is 11.5. The van der Waals surface area contributed by atoms with Crippen molar-refractivity contribution < 1.29 is 14.0 Å². The summed E-state index contributed by atoms with van der Waals surface area (Å²) in [5, 5.41) is 4.62. The second kappa shape index (κ2) is 6.67. The van der Waals surface area contributed by atoms with Crippen molar-refractivity contribution in [3.8, 4) is 0 Å². The van der Waals surface area contributed by atoms with E-state index >= 15 is 0 Å². The van der Waals surface area contributed by atoms with Crippen molar-refractivity contribution in [2.75, 3.05) is 31.1 Å². The highest BCUT2D eigenvalue weighted by atomic mass is 32.3. The molecule has 7 heteroatoms. The van der Waals surface area contributed by atoms with Crippen molar-refractivity contribution in [1.82, 2.24) is 9.78 Å². The van der Waals surface area contributed by atoms with E-state index in [-0.39, 0.29) is 18.3 Å². The van der Waals surface area contributed by atoms with Gasteiger partial charge in [-0.25, -0.2) is 14.7 Å². The summed E-state index contributed by atoms with van der Waals surface area (Å²) in [4.78, 5) is 0. The number of aryl methyl sites for hydroxylation is 1. The summed E-state index contributed by atoms with van der Waals surface area (Å²) in [6, 6.07) is 0. The molecule has 1 saturated heterocycles. The summed E-state index contributed by atoms with van der Waals surface area (Å²) in [5.41, 5.74) is 2.33. The summed E-state index contributed by atoms with van der Waals surface area (Å²) >= 11 is 0. The van der Waals surface area contributed by atoms with Crippen LogP contribution in [0.25, 0.3) is 0 Å². The smallest absolute Gasteiger partial charge is 0.399 e.